The average molecular weight is 399 g/mol. The molecule has 2 aromatic carbocycles. The van der Waals surface area contributed by atoms with Crippen molar-refractivity contribution in [1.82, 2.24) is 10.2 Å². The molecule has 1 aliphatic rings. The molecular weight excluding hydrogens is 368 g/mol. The number of hydrogen-bond acceptors (Lipinski definition) is 5. The van der Waals surface area contributed by atoms with Gasteiger partial charge in [0.1, 0.15) is 11.4 Å². The number of β-amino-alcohol motifs (C(OH)–C–C–N with tert-alkyl or cyclic N) is 1. The maximum Gasteiger partial charge on any atom is 0.223 e. The van der Waals surface area contributed by atoms with Crippen LogP contribution in [-0.4, -0.2) is 59.5 Å². The molecule has 1 amide bonds. The minimum Gasteiger partial charge on any atom is -0.497 e. The van der Waals surface area contributed by atoms with E-state index >= 15 is 0 Å². The van der Waals surface area contributed by atoms with Gasteiger partial charge in [-0.25, -0.2) is 0 Å². The van der Waals surface area contributed by atoms with Crippen LogP contribution in [0.2, 0.25) is 0 Å². The van der Waals surface area contributed by atoms with Gasteiger partial charge in [-0.1, -0.05) is 42.5 Å². The third-order valence-corrected chi connectivity index (χ3v) is 5.50. The van der Waals surface area contributed by atoms with Crippen LogP contribution in [-0.2, 0) is 17.8 Å². The first-order chi connectivity index (χ1) is 14.0. The first kappa shape index (κ1) is 21.3. The summed E-state index contributed by atoms with van der Waals surface area (Å²) in [5.41, 5.74) is 0.817. The number of likely N-dealkylation sites (tertiary alicyclic amines) is 1. The number of ether oxygens (including phenoxy) is 1. The van der Waals surface area contributed by atoms with Crippen LogP contribution in [0.3, 0.4) is 0 Å². The summed E-state index contributed by atoms with van der Waals surface area (Å²) in [6, 6.07) is 17.6. The van der Waals surface area contributed by atoms with Gasteiger partial charge in [0, 0.05) is 26.1 Å². The van der Waals surface area contributed by atoms with Crippen LogP contribution in [0.5, 0.6) is 5.75 Å². The number of amides is 1. The largest absolute Gasteiger partial charge is 0.497 e. The quantitative estimate of drug-likeness (QED) is 0.631. The molecule has 0 bridgehead atoms. The summed E-state index contributed by atoms with van der Waals surface area (Å²) < 4.78 is 5.15. The molecule has 1 heterocycles. The smallest absolute Gasteiger partial charge is 0.223 e. The second-order valence-corrected chi connectivity index (χ2v) is 7.66. The summed E-state index contributed by atoms with van der Waals surface area (Å²) in [7, 11) is 1.63. The van der Waals surface area contributed by atoms with Crippen molar-refractivity contribution in [3.63, 3.8) is 0 Å². The molecule has 6 nitrogen and oxygen atoms in total. The molecule has 6 heteroatoms. The molecule has 156 valence electrons. The SMILES string of the molecule is COc1ccc(CNC[C@@]2(O)CN(C(=O)CCc3ccccc3)CC[C@@H]2O)cc1. The average Bonchev–Trinajstić information content (AvgIpc) is 2.75. The molecule has 2 aromatic rings. The van der Waals surface area contributed by atoms with Crippen molar-refractivity contribution in [2.24, 2.45) is 0 Å². The summed E-state index contributed by atoms with van der Waals surface area (Å²) in [5.74, 6) is 0.800. The van der Waals surface area contributed by atoms with Gasteiger partial charge < -0.3 is 25.2 Å². The van der Waals surface area contributed by atoms with Crippen LogP contribution < -0.4 is 10.1 Å². The number of aliphatic hydroxyl groups is 2. The van der Waals surface area contributed by atoms with Crippen molar-refractivity contribution in [3.8, 4) is 5.75 Å². The lowest BCUT2D eigenvalue weighted by Crippen LogP contribution is -2.62. The van der Waals surface area contributed by atoms with Gasteiger partial charge in [0.25, 0.3) is 0 Å². The van der Waals surface area contributed by atoms with Crippen molar-refractivity contribution in [2.45, 2.75) is 37.5 Å². The van der Waals surface area contributed by atoms with Crippen LogP contribution in [0.1, 0.15) is 24.0 Å². The molecule has 0 aromatic heterocycles. The first-order valence-electron chi connectivity index (χ1n) is 10.1. The van der Waals surface area contributed by atoms with E-state index in [1.807, 2.05) is 54.6 Å². The zero-order chi connectivity index (χ0) is 20.7. The Labute approximate surface area is 172 Å². The van der Waals surface area contributed by atoms with Crippen LogP contribution in [0.25, 0.3) is 0 Å². The van der Waals surface area contributed by atoms with E-state index in [9.17, 15) is 15.0 Å². The van der Waals surface area contributed by atoms with E-state index in [0.29, 0.717) is 32.4 Å². The highest BCUT2D eigenvalue weighted by Crippen LogP contribution is 2.22. The Hall–Kier alpha value is -2.41. The number of piperidine rings is 1. The van der Waals surface area contributed by atoms with E-state index in [2.05, 4.69) is 5.32 Å². The maximum atomic E-state index is 12.6. The van der Waals surface area contributed by atoms with Crippen LogP contribution >= 0.6 is 0 Å². The Morgan fingerprint density at radius 3 is 2.59 bits per heavy atom. The van der Waals surface area contributed by atoms with Crippen molar-refractivity contribution < 1.29 is 19.7 Å². The second-order valence-electron chi connectivity index (χ2n) is 7.66. The van der Waals surface area contributed by atoms with Crippen LogP contribution in [0.4, 0.5) is 0 Å². The maximum absolute atomic E-state index is 12.6. The van der Waals surface area contributed by atoms with Gasteiger partial charge in [0.15, 0.2) is 0 Å². The minimum absolute atomic E-state index is 0.00864. The summed E-state index contributed by atoms with van der Waals surface area (Å²) in [6.45, 7) is 1.37. The molecule has 0 unspecified atom stereocenters. The Morgan fingerprint density at radius 1 is 1.17 bits per heavy atom. The van der Waals surface area contributed by atoms with Crippen LogP contribution in [0, 0.1) is 0 Å². The third kappa shape index (κ3) is 5.79. The van der Waals surface area contributed by atoms with Crippen LogP contribution in [0.15, 0.2) is 54.6 Å². The molecule has 0 radical (unpaired) electrons. The topological polar surface area (TPSA) is 82.0 Å². The molecule has 1 aliphatic heterocycles. The Bertz CT molecular complexity index is 781. The van der Waals surface area contributed by atoms with Gasteiger partial charge in [0.2, 0.25) is 5.91 Å². The predicted molar refractivity (Wildman–Crippen MR) is 112 cm³/mol. The van der Waals surface area contributed by atoms with Gasteiger partial charge in [-0.15, -0.1) is 0 Å². The number of aliphatic hydroxyl groups excluding tert-OH is 1. The van der Waals surface area contributed by atoms with E-state index in [0.717, 1.165) is 16.9 Å². The van der Waals surface area contributed by atoms with E-state index in [-0.39, 0.29) is 19.0 Å². The lowest BCUT2D eigenvalue weighted by molar-refractivity contribution is -0.151. The molecule has 3 rings (SSSR count). The number of carbonyl (C=O) groups excluding carboxylic acids is 1. The number of carbonyl (C=O) groups is 1. The molecular formula is C23H30N2O4. The van der Waals surface area contributed by atoms with Gasteiger partial charge >= 0.3 is 0 Å². The summed E-state index contributed by atoms with van der Waals surface area (Å²) in [6.07, 6.45) is 0.587. The van der Waals surface area contributed by atoms with Crippen molar-refractivity contribution in [2.75, 3.05) is 26.7 Å². The molecule has 1 fully saturated rings. The number of aryl methyl sites for hydroxylation is 1. The van der Waals surface area contributed by atoms with E-state index in [4.69, 9.17) is 4.74 Å². The molecule has 0 saturated carbocycles. The van der Waals surface area contributed by atoms with Gasteiger partial charge in [0.05, 0.1) is 19.8 Å². The molecule has 1 saturated heterocycles. The fourth-order valence-corrected chi connectivity index (χ4v) is 3.67. The number of methoxy groups -OCH3 is 1. The Kier molecular flexibility index (Phi) is 7.25. The number of nitrogens with zero attached hydrogens (tertiary/aromatic N) is 1. The molecule has 2 atom stereocenters. The standard InChI is InChI=1S/C23H30N2O4/c1-29-20-10-7-19(8-11-20)15-24-16-23(28)17-25(14-13-21(23)26)22(27)12-9-18-5-3-2-4-6-18/h2-8,10-11,21,24,26,28H,9,12-17H2,1H3/t21-,23+/m0/s1. The first-order valence-corrected chi connectivity index (χ1v) is 10.1. The highest BCUT2D eigenvalue weighted by Gasteiger charge is 2.42. The molecule has 29 heavy (non-hydrogen) atoms. The predicted octanol–water partition coefficient (Wildman–Crippen LogP) is 1.74. The number of hydrogen-bond donors (Lipinski definition) is 3. The second kappa shape index (κ2) is 9.87. The highest BCUT2D eigenvalue weighted by atomic mass is 16.5. The van der Waals surface area contributed by atoms with Crippen molar-refractivity contribution in [3.05, 3.63) is 65.7 Å². The normalized spacial score (nSPS) is 21.8. The third-order valence-electron chi connectivity index (χ3n) is 5.50. The highest BCUT2D eigenvalue weighted by molar-refractivity contribution is 5.76. The lowest BCUT2D eigenvalue weighted by atomic mass is 9.89. The van der Waals surface area contributed by atoms with E-state index in [1.54, 1.807) is 12.0 Å². The molecule has 0 aliphatic carbocycles. The zero-order valence-corrected chi connectivity index (χ0v) is 16.9. The monoisotopic (exact) mass is 398 g/mol. The van der Waals surface area contributed by atoms with E-state index < -0.39 is 11.7 Å². The lowest BCUT2D eigenvalue weighted by Gasteiger charge is -2.43. The zero-order valence-electron chi connectivity index (χ0n) is 16.9. The number of rotatable bonds is 8. The Morgan fingerprint density at radius 2 is 1.90 bits per heavy atom. The number of nitrogens with one attached hydrogen (secondary N) is 1. The fourth-order valence-electron chi connectivity index (χ4n) is 3.67. The number of benzene rings is 2. The van der Waals surface area contributed by atoms with E-state index in [1.165, 1.54) is 0 Å². The summed E-state index contributed by atoms with van der Waals surface area (Å²) in [5, 5.41) is 24.5. The summed E-state index contributed by atoms with van der Waals surface area (Å²) in [4.78, 5) is 14.3. The van der Waals surface area contributed by atoms with Crippen molar-refractivity contribution in [1.29, 1.82) is 0 Å². The minimum atomic E-state index is -1.35. The van der Waals surface area contributed by atoms with Gasteiger partial charge in [-0.05, 0) is 36.1 Å². The fraction of sp³-hybridized carbons (Fsp3) is 0.435. The molecule has 0 spiro atoms. The summed E-state index contributed by atoms with van der Waals surface area (Å²) >= 11 is 0. The van der Waals surface area contributed by atoms with Gasteiger partial charge in [-0.2, -0.15) is 0 Å². The molecule has 3 N–H and O–H groups in total. The van der Waals surface area contributed by atoms with Gasteiger partial charge in [-0.3, -0.25) is 4.79 Å². The Balaban J connectivity index is 1.51. The van der Waals surface area contributed by atoms with Crippen molar-refractivity contribution >= 4 is 5.91 Å².